The summed E-state index contributed by atoms with van der Waals surface area (Å²) in [5.41, 5.74) is 1.34. The molecule has 0 heterocycles. The van der Waals surface area contributed by atoms with Gasteiger partial charge in [-0.3, -0.25) is 0 Å². The molecule has 0 bridgehead atoms. The third-order valence-corrected chi connectivity index (χ3v) is 4.84. The van der Waals surface area contributed by atoms with Gasteiger partial charge < -0.3 is 0 Å². The van der Waals surface area contributed by atoms with E-state index in [9.17, 15) is 10.5 Å². The van der Waals surface area contributed by atoms with Crippen LogP contribution in [0.3, 0.4) is 0 Å². The molecule has 2 aliphatic rings. The van der Waals surface area contributed by atoms with Crippen LogP contribution in [-0.4, -0.2) is 0 Å². The fourth-order valence-electron chi connectivity index (χ4n) is 3.81. The molecule has 1 saturated carbocycles. The summed E-state index contributed by atoms with van der Waals surface area (Å²) in [6.07, 6.45) is 11.0. The number of hydrogen-bond donors (Lipinski definition) is 0. The summed E-state index contributed by atoms with van der Waals surface area (Å²) in [5, 5.41) is 19.1. The van der Waals surface area contributed by atoms with Crippen molar-refractivity contribution < 1.29 is 0 Å². The van der Waals surface area contributed by atoms with Gasteiger partial charge in [0.1, 0.15) is 0 Å². The molecule has 2 heteroatoms. The number of nitriles is 2. The quantitative estimate of drug-likeness (QED) is 0.694. The SMILES string of the molecule is C=CCC(C#N)(C#N)C1=CCC[C@@H]1[C@H]1CCCCC1=C. The van der Waals surface area contributed by atoms with Crippen LogP contribution in [0.15, 0.2) is 36.5 Å². The van der Waals surface area contributed by atoms with E-state index in [1.807, 2.05) is 0 Å². The van der Waals surface area contributed by atoms with Gasteiger partial charge in [-0.1, -0.05) is 30.7 Å². The van der Waals surface area contributed by atoms with E-state index in [1.54, 1.807) is 6.08 Å². The first kappa shape index (κ1) is 14.6. The molecule has 0 amide bonds. The normalized spacial score (nSPS) is 26.5. The molecule has 2 atom stereocenters. The van der Waals surface area contributed by atoms with E-state index in [0.717, 1.165) is 31.3 Å². The van der Waals surface area contributed by atoms with Crippen LogP contribution >= 0.6 is 0 Å². The summed E-state index contributed by atoms with van der Waals surface area (Å²) in [5.74, 6) is 0.797. The minimum absolute atomic E-state index is 0.335. The third kappa shape index (κ3) is 2.44. The number of allylic oxidation sites excluding steroid dienone is 4. The summed E-state index contributed by atoms with van der Waals surface area (Å²) in [6.45, 7) is 7.96. The van der Waals surface area contributed by atoms with Crippen molar-refractivity contribution in [3.8, 4) is 12.1 Å². The van der Waals surface area contributed by atoms with Crippen LogP contribution < -0.4 is 0 Å². The van der Waals surface area contributed by atoms with Crippen molar-refractivity contribution in [3.63, 3.8) is 0 Å². The van der Waals surface area contributed by atoms with Crippen molar-refractivity contribution in [1.82, 2.24) is 0 Å². The van der Waals surface area contributed by atoms with Crippen molar-refractivity contribution >= 4 is 0 Å². The molecule has 2 rings (SSSR count). The smallest absolute Gasteiger partial charge is 0.168 e. The Morgan fingerprint density at radius 3 is 2.60 bits per heavy atom. The lowest BCUT2D eigenvalue weighted by Gasteiger charge is -2.34. The van der Waals surface area contributed by atoms with Gasteiger partial charge in [0.15, 0.2) is 5.41 Å². The molecule has 0 radical (unpaired) electrons. The second kappa shape index (κ2) is 6.10. The van der Waals surface area contributed by atoms with Gasteiger partial charge in [-0.25, -0.2) is 0 Å². The Bertz CT molecular complexity index is 499. The van der Waals surface area contributed by atoms with Crippen LogP contribution in [0.2, 0.25) is 0 Å². The number of nitrogens with zero attached hydrogens (tertiary/aromatic N) is 2. The van der Waals surface area contributed by atoms with E-state index in [1.165, 1.54) is 18.4 Å². The summed E-state index contributed by atoms with van der Waals surface area (Å²) < 4.78 is 0. The molecule has 0 aromatic rings. The fraction of sp³-hybridized carbons (Fsp3) is 0.556. The van der Waals surface area contributed by atoms with Crippen LogP contribution in [0.25, 0.3) is 0 Å². The van der Waals surface area contributed by atoms with Gasteiger partial charge in [0.2, 0.25) is 0 Å². The van der Waals surface area contributed by atoms with E-state index in [0.29, 0.717) is 18.3 Å². The molecular formula is C18H22N2. The highest BCUT2D eigenvalue weighted by molar-refractivity contribution is 5.39. The number of hydrogen-bond acceptors (Lipinski definition) is 2. The molecule has 2 nitrogen and oxygen atoms in total. The maximum absolute atomic E-state index is 9.57. The monoisotopic (exact) mass is 266 g/mol. The molecule has 0 aromatic carbocycles. The van der Waals surface area contributed by atoms with Gasteiger partial charge in [-0.05, 0) is 49.5 Å². The van der Waals surface area contributed by atoms with E-state index in [2.05, 4.69) is 31.4 Å². The first-order chi connectivity index (χ1) is 9.68. The second-order valence-corrected chi connectivity index (χ2v) is 5.98. The van der Waals surface area contributed by atoms with E-state index in [-0.39, 0.29) is 0 Å². The first-order valence-corrected chi connectivity index (χ1v) is 7.50. The van der Waals surface area contributed by atoms with Crippen molar-refractivity contribution in [2.75, 3.05) is 0 Å². The van der Waals surface area contributed by atoms with Crippen LogP contribution in [0.1, 0.15) is 44.9 Å². The fourth-order valence-corrected chi connectivity index (χ4v) is 3.81. The maximum Gasteiger partial charge on any atom is 0.168 e. The molecule has 0 aliphatic heterocycles. The molecule has 2 aliphatic carbocycles. The van der Waals surface area contributed by atoms with Gasteiger partial charge in [-0.2, -0.15) is 10.5 Å². The maximum atomic E-state index is 9.57. The Morgan fingerprint density at radius 2 is 2.00 bits per heavy atom. The highest BCUT2D eigenvalue weighted by Crippen LogP contribution is 2.49. The standard InChI is InChI=1S/C18H22N2/c1-3-11-18(12-19,13-20)17-10-6-9-16(17)15-8-5-4-7-14(15)2/h3,10,15-16H,1-2,4-9,11H2/t15-,16+/m0/s1. The molecular weight excluding hydrogens is 244 g/mol. The minimum atomic E-state index is -1.01. The van der Waals surface area contributed by atoms with Gasteiger partial charge in [-0.15, -0.1) is 6.58 Å². The largest absolute Gasteiger partial charge is 0.196 e. The molecule has 0 N–H and O–H groups in total. The Morgan fingerprint density at radius 1 is 1.25 bits per heavy atom. The van der Waals surface area contributed by atoms with Crippen LogP contribution in [0, 0.1) is 39.9 Å². The highest BCUT2D eigenvalue weighted by atomic mass is 14.5. The second-order valence-electron chi connectivity index (χ2n) is 5.98. The van der Waals surface area contributed by atoms with Crippen LogP contribution in [0.5, 0.6) is 0 Å². The summed E-state index contributed by atoms with van der Waals surface area (Å²) >= 11 is 0. The Labute approximate surface area is 122 Å². The zero-order valence-electron chi connectivity index (χ0n) is 12.1. The summed E-state index contributed by atoms with van der Waals surface area (Å²) in [6, 6.07) is 4.52. The Balaban J connectivity index is 2.31. The van der Waals surface area contributed by atoms with Gasteiger partial charge in [0.25, 0.3) is 0 Å². The lowest BCUT2D eigenvalue weighted by molar-refractivity contribution is 0.328. The highest BCUT2D eigenvalue weighted by Gasteiger charge is 2.43. The van der Waals surface area contributed by atoms with Crippen molar-refractivity contribution in [2.45, 2.75) is 44.9 Å². The topological polar surface area (TPSA) is 47.6 Å². The van der Waals surface area contributed by atoms with Crippen LogP contribution in [-0.2, 0) is 0 Å². The van der Waals surface area contributed by atoms with Gasteiger partial charge in [0.05, 0.1) is 12.1 Å². The van der Waals surface area contributed by atoms with Crippen LogP contribution in [0.4, 0.5) is 0 Å². The zero-order valence-corrected chi connectivity index (χ0v) is 12.1. The zero-order chi connectivity index (χ0) is 14.6. The summed E-state index contributed by atoms with van der Waals surface area (Å²) in [4.78, 5) is 0. The molecule has 104 valence electrons. The molecule has 0 unspecified atom stereocenters. The first-order valence-electron chi connectivity index (χ1n) is 7.50. The average Bonchev–Trinajstić information content (AvgIpc) is 2.95. The Kier molecular flexibility index (Phi) is 4.46. The average molecular weight is 266 g/mol. The number of rotatable bonds is 4. The predicted molar refractivity (Wildman–Crippen MR) is 80.4 cm³/mol. The van der Waals surface area contributed by atoms with Crippen molar-refractivity contribution in [2.24, 2.45) is 17.3 Å². The van der Waals surface area contributed by atoms with Crippen molar-refractivity contribution in [1.29, 1.82) is 10.5 Å². The third-order valence-electron chi connectivity index (χ3n) is 4.84. The van der Waals surface area contributed by atoms with Crippen molar-refractivity contribution in [3.05, 3.63) is 36.5 Å². The van der Waals surface area contributed by atoms with E-state index in [4.69, 9.17) is 0 Å². The molecule has 0 saturated heterocycles. The molecule has 20 heavy (non-hydrogen) atoms. The van der Waals surface area contributed by atoms with E-state index >= 15 is 0 Å². The van der Waals surface area contributed by atoms with Gasteiger partial charge in [0, 0.05) is 6.42 Å². The molecule has 0 spiro atoms. The Hall–Kier alpha value is -1.80. The van der Waals surface area contributed by atoms with Gasteiger partial charge >= 0.3 is 0 Å². The minimum Gasteiger partial charge on any atom is -0.196 e. The molecule has 1 fully saturated rings. The lowest BCUT2D eigenvalue weighted by Crippen LogP contribution is -2.28. The van der Waals surface area contributed by atoms with E-state index < -0.39 is 5.41 Å². The molecule has 0 aromatic heterocycles. The summed E-state index contributed by atoms with van der Waals surface area (Å²) in [7, 11) is 0. The lowest BCUT2D eigenvalue weighted by atomic mass is 9.67. The predicted octanol–water partition coefficient (Wildman–Crippen LogP) is 4.68.